The van der Waals surface area contributed by atoms with Gasteiger partial charge in [-0.05, 0) is 49.9 Å². The Morgan fingerprint density at radius 3 is 2.69 bits per heavy atom. The lowest BCUT2D eigenvalue weighted by Crippen LogP contribution is -2.44. The zero-order valence-corrected chi connectivity index (χ0v) is 16.3. The normalized spacial score (nSPS) is 19.8. The number of aromatic amines is 1. The fraction of sp³-hybridized carbons (Fsp3) is 0.409. The van der Waals surface area contributed by atoms with E-state index >= 15 is 0 Å². The van der Waals surface area contributed by atoms with Crippen LogP contribution in [0, 0.1) is 11.7 Å². The number of nitrogens with zero attached hydrogens (tertiary/aromatic N) is 4. The van der Waals surface area contributed by atoms with E-state index in [0.717, 1.165) is 56.7 Å². The van der Waals surface area contributed by atoms with Crippen LogP contribution in [0.5, 0.6) is 0 Å². The molecule has 0 unspecified atom stereocenters. The maximum atomic E-state index is 14.1. The molecule has 1 aromatic carbocycles. The minimum Gasteiger partial charge on any atom is -0.356 e. The molecular weight excluding hydrogens is 369 g/mol. The Bertz CT molecular complexity index is 1040. The summed E-state index contributed by atoms with van der Waals surface area (Å²) in [5.74, 6) is 1.31. The number of carbonyl (C=O) groups excluding carboxylic acids is 1. The number of pyridine rings is 1. The highest BCUT2D eigenvalue weighted by molar-refractivity contribution is 5.81. The van der Waals surface area contributed by atoms with Crippen molar-refractivity contribution >= 4 is 22.9 Å². The van der Waals surface area contributed by atoms with Crippen LogP contribution in [0.4, 0.5) is 10.2 Å². The van der Waals surface area contributed by atoms with E-state index in [2.05, 4.69) is 14.9 Å². The average Bonchev–Trinajstić information content (AvgIpc) is 3.43. The van der Waals surface area contributed by atoms with Crippen LogP contribution in [0.1, 0.15) is 25.7 Å². The highest BCUT2D eigenvalue weighted by Crippen LogP contribution is 2.27. The standard InChI is InChI=1S/C22H24FN5O/c23-17-8-2-1-7-16(17)20-24-18-9-10-19(25-21(18)26-20)28-13-5-6-15(14-28)22(29)27-11-3-4-12-27/h1-2,7-10,15H,3-6,11-14H2,(H,24,25,26)/t15-/m1/s1. The summed E-state index contributed by atoms with van der Waals surface area (Å²) in [5.41, 5.74) is 1.77. The molecule has 5 rings (SSSR count). The van der Waals surface area contributed by atoms with E-state index in [1.165, 1.54) is 6.07 Å². The van der Waals surface area contributed by atoms with Crippen molar-refractivity contribution in [2.24, 2.45) is 5.92 Å². The fourth-order valence-electron chi connectivity index (χ4n) is 4.42. The molecule has 2 fully saturated rings. The monoisotopic (exact) mass is 393 g/mol. The van der Waals surface area contributed by atoms with Gasteiger partial charge in [0.15, 0.2) is 5.65 Å². The first kappa shape index (κ1) is 18.1. The Labute approximate surface area is 168 Å². The number of likely N-dealkylation sites (tertiary alicyclic amines) is 1. The Balaban J connectivity index is 1.38. The molecule has 6 nitrogen and oxygen atoms in total. The molecule has 1 atom stereocenters. The minimum atomic E-state index is -0.314. The summed E-state index contributed by atoms with van der Waals surface area (Å²) in [6, 6.07) is 10.5. The molecule has 7 heteroatoms. The van der Waals surface area contributed by atoms with Gasteiger partial charge in [0, 0.05) is 26.2 Å². The molecule has 2 aliphatic heterocycles. The van der Waals surface area contributed by atoms with Crippen LogP contribution in [0.2, 0.25) is 0 Å². The number of fused-ring (bicyclic) bond motifs is 1. The summed E-state index contributed by atoms with van der Waals surface area (Å²) in [4.78, 5) is 29.4. The largest absolute Gasteiger partial charge is 0.356 e. The van der Waals surface area contributed by atoms with Crippen molar-refractivity contribution in [3.8, 4) is 11.4 Å². The molecule has 0 radical (unpaired) electrons. The van der Waals surface area contributed by atoms with Gasteiger partial charge in [-0.25, -0.2) is 14.4 Å². The lowest BCUT2D eigenvalue weighted by Gasteiger charge is -2.34. The lowest BCUT2D eigenvalue weighted by molar-refractivity contribution is -0.134. The number of rotatable bonds is 3. The van der Waals surface area contributed by atoms with Gasteiger partial charge in [-0.1, -0.05) is 12.1 Å². The maximum Gasteiger partial charge on any atom is 0.227 e. The number of hydrogen-bond acceptors (Lipinski definition) is 4. The Kier molecular flexibility index (Phi) is 4.66. The Hall–Kier alpha value is -2.96. The lowest BCUT2D eigenvalue weighted by atomic mass is 9.96. The summed E-state index contributed by atoms with van der Waals surface area (Å²) in [7, 11) is 0. The smallest absolute Gasteiger partial charge is 0.227 e. The van der Waals surface area contributed by atoms with Gasteiger partial charge in [-0.3, -0.25) is 4.79 Å². The number of anilines is 1. The van der Waals surface area contributed by atoms with E-state index < -0.39 is 0 Å². The second-order valence-corrected chi connectivity index (χ2v) is 7.92. The van der Waals surface area contributed by atoms with E-state index in [-0.39, 0.29) is 17.6 Å². The Morgan fingerprint density at radius 1 is 1.03 bits per heavy atom. The summed E-state index contributed by atoms with van der Waals surface area (Å²) >= 11 is 0. The van der Waals surface area contributed by atoms with Crippen LogP contribution >= 0.6 is 0 Å². The maximum absolute atomic E-state index is 14.1. The molecule has 0 saturated carbocycles. The van der Waals surface area contributed by atoms with Crippen molar-refractivity contribution in [1.82, 2.24) is 19.9 Å². The van der Waals surface area contributed by atoms with Gasteiger partial charge in [0.1, 0.15) is 17.5 Å². The second kappa shape index (κ2) is 7.46. The van der Waals surface area contributed by atoms with E-state index in [9.17, 15) is 9.18 Å². The number of hydrogen-bond donors (Lipinski definition) is 1. The fourth-order valence-corrected chi connectivity index (χ4v) is 4.42. The molecular formula is C22H24FN5O. The summed E-state index contributed by atoms with van der Waals surface area (Å²) in [6.45, 7) is 3.36. The van der Waals surface area contributed by atoms with Gasteiger partial charge in [-0.15, -0.1) is 0 Å². The molecule has 2 saturated heterocycles. The first-order valence-corrected chi connectivity index (χ1v) is 10.3. The summed E-state index contributed by atoms with van der Waals surface area (Å²) in [6.07, 6.45) is 4.15. The SMILES string of the molecule is O=C([C@@H]1CCCN(c2ccc3[nH]c(-c4ccccc4F)nc3n2)C1)N1CCCC1. The van der Waals surface area contributed by atoms with E-state index in [1.54, 1.807) is 18.2 Å². The number of halogens is 1. The predicted octanol–water partition coefficient (Wildman–Crippen LogP) is 3.60. The van der Waals surface area contributed by atoms with Crippen molar-refractivity contribution in [3.63, 3.8) is 0 Å². The second-order valence-electron chi connectivity index (χ2n) is 7.92. The van der Waals surface area contributed by atoms with Crippen LogP contribution in [-0.2, 0) is 4.79 Å². The quantitative estimate of drug-likeness (QED) is 0.738. The van der Waals surface area contributed by atoms with Crippen molar-refractivity contribution in [2.75, 3.05) is 31.1 Å². The molecule has 2 aliphatic rings. The van der Waals surface area contributed by atoms with E-state index in [0.29, 0.717) is 23.6 Å². The molecule has 29 heavy (non-hydrogen) atoms. The summed E-state index contributed by atoms with van der Waals surface area (Å²) in [5, 5.41) is 0. The van der Waals surface area contributed by atoms with Crippen LogP contribution in [0.3, 0.4) is 0 Å². The highest BCUT2D eigenvalue weighted by atomic mass is 19.1. The molecule has 0 spiro atoms. The number of carbonyl (C=O) groups is 1. The number of amides is 1. The number of aromatic nitrogens is 3. The van der Waals surface area contributed by atoms with Crippen molar-refractivity contribution in [2.45, 2.75) is 25.7 Å². The van der Waals surface area contributed by atoms with Crippen molar-refractivity contribution in [3.05, 3.63) is 42.2 Å². The average molecular weight is 393 g/mol. The van der Waals surface area contributed by atoms with Crippen LogP contribution < -0.4 is 4.90 Å². The number of benzene rings is 1. The first-order chi connectivity index (χ1) is 14.2. The molecule has 1 N–H and O–H groups in total. The third kappa shape index (κ3) is 3.45. The van der Waals surface area contributed by atoms with E-state index in [4.69, 9.17) is 4.98 Å². The molecule has 1 amide bonds. The van der Waals surface area contributed by atoms with Gasteiger partial charge in [0.05, 0.1) is 17.0 Å². The van der Waals surface area contributed by atoms with E-state index in [1.807, 2.05) is 17.0 Å². The van der Waals surface area contributed by atoms with Crippen LogP contribution in [0.25, 0.3) is 22.6 Å². The van der Waals surface area contributed by atoms with Gasteiger partial charge in [0.25, 0.3) is 0 Å². The van der Waals surface area contributed by atoms with Crippen molar-refractivity contribution < 1.29 is 9.18 Å². The number of H-pyrrole nitrogens is 1. The van der Waals surface area contributed by atoms with Crippen LogP contribution in [0.15, 0.2) is 36.4 Å². The number of imidazole rings is 1. The third-order valence-corrected chi connectivity index (χ3v) is 5.97. The molecule has 2 aromatic heterocycles. The van der Waals surface area contributed by atoms with Gasteiger partial charge < -0.3 is 14.8 Å². The van der Waals surface area contributed by atoms with Crippen LogP contribution in [-0.4, -0.2) is 51.9 Å². The Morgan fingerprint density at radius 2 is 1.86 bits per heavy atom. The zero-order chi connectivity index (χ0) is 19.8. The molecule has 3 aromatic rings. The van der Waals surface area contributed by atoms with Crippen molar-refractivity contribution in [1.29, 1.82) is 0 Å². The first-order valence-electron chi connectivity index (χ1n) is 10.3. The number of piperidine rings is 1. The third-order valence-electron chi connectivity index (χ3n) is 5.97. The molecule has 0 bridgehead atoms. The molecule has 4 heterocycles. The van der Waals surface area contributed by atoms with Gasteiger partial charge in [0.2, 0.25) is 5.91 Å². The van der Waals surface area contributed by atoms with Gasteiger partial charge in [-0.2, -0.15) is 0 Å². The summed E-state index contributed by atoms with van der Waals surface area (Å²) < 4.78 is 14.1. The molecule has 150 valence electrons. The molecule has 0 aliphatic carbocycles. The zero-order valence-electron chi connectivity index (χ0n) is 16.3. The number of nitrogens with one attached hydrogen (secondary N) is 1. The topological polar surface area (TPSA) is 65.1 Å². The highest BCUT2D eigenvalue weighted by Gasteiger charge is 2.31. The predicted molar refractivity (Wildman–Crippen MR) is 110 cm³/mol. The minimum absolute atomic E-state index is 0.0347. The van der Waals surface area contributed by atoms with Gasteiger partial charge >= 0.3 is 0 Å².